The van der Waals surface area contributed by atoms with Crippen LogP contribution in [-0.2, 0) is 6.42 Å². The van der Waals surface area contributed by atoms with Gasteiger partial charge in [-0.1, -0.05) is 13.3 Å². The summed E-state index contributed by atoms with van der Waals surface area (Å²) in [6.07, 6.45) is 4.53. The number of hydrogen-bond acceptors (Lipinski definition) is 2. The maximum absolute atomic E-state index is 11.6. The van der Waals surface area contributed by atoms with Crippen molar-refractivity contribution in [2.75, 3.05) is 0 Å². The Bertz CT molecular complexity index is 328. The highest BCUT2D eigenvalue weighted by Crippen LogP contribution is 2.21. The topological polar surface area (TPSA) is 29.1 Å². The largest absolute Gasteiger partial charge is 0.349 e. The van der Waals surface area contributed by atoms with Crippen LogP contribution in [0.3, 0.4) is 0 Å². The van der Waals surface area contributed by atoms with E-state index in [0.29, 0.717) is 6.04 Å². The van der Waals surface area contributed by atoms with Crippen LogP contribution in [0.5, 0.6) is 0 Å². The molecule has 76 valence electrons. The van der Waals surface area contributed by atoms with Crippen molar-refractivity contribution in [3.8, 4) is 0 Å². The molecule has 1 aromatic heterocycles. The van der Waals surface area contributed by atoms with Gasteiger partial charge in [-0.3, -0.25) is 4.79 Å². The van der Waals surface area contributed by atoms with Gasteiger partial charge >= 0.3 is 0 Å². The standard InChI is InChI=1S/C11H15NOS/c1-2-3-10-6-8(7-14-10)11(13)12-9-4-5-9/h6-7,9H,2-5H2,1H3,(H,12,13). The highest BCUT2D eigenvalue weighted by Gasteiger charge is 2.24. The first kappa shape index (κ1) is 9.71. The van der Waals surface area contributed by atoms with Crippen LogP contribution in [0.2, 0.25) is 0 Å². The SMILES string of the molecule is CCCc1cc(C(=O)NC2CC2)cs1. The molecular formula is C11H15NOS. The Balaban J connectivity index is 1.96. The van der Waals surface area contributed by atoms with Crippen LogP contribution in [0.1, 0.15) is 41.4 Å². The molecule has 2 rings (SSSR count). The lowest BCUT2D eigenvalue weighted by atomic mass is 10.2. The average Bonchev–Trinajstić information content (AvgIpc) is 2.83. The molecule has 0 saturated heterocycles. The maximum atomic E-state index is 11.6. The Labute approximate surface area is 88.3 Å². The second kappa shape index (κ2) is 4.13. The van der Waals surface area contributed by atoms with Crippen molar-refractivity contribution in [1.82, 2.24) is 5.32 Å². The Hall–Kier alpha value is -0.830. The van der Waals surface area contributed by atoms with Crippen LogP contribution in [0, 0.1) is 0 Å². The zero-order chi connectivity index (χ0) is 9.97. The molecule has 1 aromatic rings. The summed E-state index contributed by atoms with van der Waals surface area (Å²) in [5.74, 6) is 0.103. The molecule has 2 nitrogen and oxygen atoms in total. The highest BCUT2D eigenvalue weighted by molar-refractivity contribution is 7.10. The van der Waals surface area contributed by atoms with Gasteiger partial charge in [-0.15, -0.1) is 11.3 Å². The molecule has 0 radical (unpaired) electrons. The molecule has 0 aromatic carbocycles. The smallest absolute Gasteiger partial charge is 0.252 e. The van der Waals surface area contributed by atoms with Crippen LogP contribution in [0.25, 0.3) is 0 Å². The molecule has 0 unspecified atom stereocenters. The number of hydrogen-bond donors (Lipinski definition) is 1. The lowest BCUT2D eigenvalue weighted by Crippen LogP contribution is -2.24. The highest BCUT2D eigenvalue weighted by atomic mass is 32.1. The van der Waals surface area contributed by atoms with Gasteiger partial charge in [0.25, 0.3) is 5.91 Å². The van der Waals surface area contributed by atoms with Crippen molar-refractivity contribution in [3.05, 3.63) is 21.9 Å². The summed E-state index contributed by atoms with van der Waals surface area (Å²) in [5, 5.41) is 4.95. The van der Waals surface area contributed by atoms with Crippen molar-refractivity contribution in [2.24, 2.45) is 0 Å². The van der Waals surface area contributed by atoms with Gasteiger partial charge in [-0.25, -0.2) is 0 Å². The van der Waals surface area contributed by atoms with E-state index < -0.39 is 0 Å². The molecule has 0 aliphatic heterocycles. The normalized spacial score (nSPS) is 15.5. The molecule has 0 bridgehead atoms. The zero-order valence-corrected chi connectivity index (χ0v) is 9.19. The van der Waals surface area contributed by atoms with E-state index in [9.17, 15) is 4.79 Å². The predicted octanol–water partition coefficient (Wildman–Crippen LogP) is 2.59. The number of amides is 1. The minimum absolute atomic E-state index is 0.103. The number of carbonyl (C=O) groups is 1. The monoisotopic (exact) mass is 209 g/mol. The van der Waals surface area contributed by atoms with Gasteiger partial charge in [0.15, 0.2) is 0 Å². The van der Waals surface area contributed by atoms with E-state index in [1.165, 1.54) is 4.88 Å². The average molecular weight is 209 g/mol. The minimum atomic E-state index is 0.103. The third kappa shape index (κ3) is 2.35. The summed E-state index contributed by atoms with van der Waals surface area (Å²) in [6, 6.07) is 2.48. The Morgan fingerprint density at radius 2 is 2.43 bits per heavy atom. The molecule has 1 fully saturated rings. The zero-order valence-electron chi connectivity index (χ0n) is 8.38. The Morgan fingerprint density at radius 1 is 1.64 bits per heavy atom. The fraction of sp³-hybridized carbons (Fsp3) is 0.545. The number of rotatable bonds is 4. The number of aryl methyl sites for hydroxylation is 1. The second-order valence-electron chi connectivity index (χ2n) is 3.80. The van der Waals surface area contributed by atoms with E-state index in [1.807, 2.05) is 11.4 Å². The van der Waals surface area contributed by atoms with Gasteiger partial charge < -0.3 is 5.32 Å². The quantitative estimate of drug-likeness (QED) is 0.811. The first-order valence-corrected chi connectivity index (χ1v) is 6.06. The first-order chi connectivity index (χ1) is 6.79. The van der Waals surface area contributed by atoms with Gasteiger partial charge in [0.2, 0.25) is 0 Å². The fourth-order valence-corrected chi connectivity index (χ4v) is 2.34. The summed E-state index contributed by atoms with van der Waals surface area (Å²) in [6.45, 7) is 2.16. The molecule has 1 amide bonds. The van der Waals surface area contributed by atoms with Crippen LogP contribution in [0.4, 0.5) is 0 Å². The van der Waals surface area contributed by atoms with Crippen molar-refractivity contribution >= 4 is 17.2 Å². The third-order valence-electron chi connectivity index (χ3n) is 2.32. The van der Waals surface area contributed by atoms with Crippen molar-refractivity contribution in [2.45, 2.75) is 38.6 Å². The van der Waals surface area contributed by atoms with E-state index in [4.69, 9.17) is 0 Å². The van der Waals surface area contributed by atoms with Crippen LogP contribution in [-0.4, -0.2) is 11.9 Å². The molecule has 1 heterocycles. The van der Waals surface area contributed by atoms with E-state index in [1.54, 1.807) is 11.3 Å². The van der Waals surface area contributed by atoms with Crippen molar-refractivity contribution in [1.29, 1.82) is 0 Å². The van der Waals surface area contributed by atoms with Crippen molar-refractivity contribution < 1.29 is 4.79 Å². The minimum Gasteiger partial charge on any atom is -0.349 e. The van der Waals surface area contributed by atoms with Crippen LogP contribution < -0.4 is 5.32 Å². The molecule has 1 saturated carbocycles. The molecule has 0 spiro atoms. The van der Waals surface area contributed by atoms with E-state index >= 15 is 0 Å². The summed E-state index contributed by atoms with van der Waals surface area (Å²) in [7, 11) is 0. The number of nitrogens with one attached hydrogen (secondary N) is 1. The molecule has 1 aliphatic carbocycles. The lowest BCUT2D eigenvalue weighted by Gasteiger charge is -1.98. The molecule has 3 heteroatoms. The maximum Gasteiger partial charge on any atom is 0.252 e. The van der Waals surface area contributed by atoms with Gasteiger partial charge in [-0.2, -0.15) is 0 Å². The second-order valence-corrected chi connectivity index (χ2v) is 4.80. The summed E-state index contributed by atoms with van der Waals surface area (Å²) < 4.78 is 0. The molecule has 0 atom stereocenters. The summed E-state index contributed by atoms with van der Waals surface area (Å²) >= 11 is 1.69. The van der Waals surface area contributed by atoms with Crippen LogP contribution in [0.15, 0.2) is 11.4 Å². The van der Waals surface area contributed by atoms with Crippen molar-refractivity contribution in [3.63, 3.8) is 0 Å². The predicted molar refractivity (Wildman–Crippen MR) is 58.8 cm³/mol. The lowest BCUT2D eigenvalue weighted by molar-refractivity contribution is 0.0951. The van der Waals surface area contributed by atoms with Gasteiger partial charge in [0.1, 0.15) is 0 Å². The van der Waals surface area contributed by atoms with Gasteiger partial charge in [0.05, 0.1) is 5.56 Å². The first-order valence-electron chi connectivity index (χ1n) is 5.18. The molecular weight excluding hydrogens is 194 g/mol. The number of thiophene rings is 1. The number of carbonyl (C=O) groups excluding carboxylic acids is 1. The Morgan fingerprint density at radius 3 is 3.07 bits per heavy atom. The molecule has 14 heavy (non-hydrogen) atoms. The molecule has 1 N–H and O–H groups in total. The van der Waals surface area contributed by atoms with Crippen LogP contribution >= 0.6 is 11.3 Å². The summed E-state index contributed by atoms with van der Waals surface area (Å²) in [4.78, 5) is 12.9. The Kier molecular flexibility index (Phi) is 2.87. The van der Waals surface area contributed by atoms with Gasteiger partial charge in [-0.05, 0) is 25.3 Å². The van der Waals surface area contributed by atoms with E-state index in [0.717, 1.165) is 31.2 Å². The fourth-order valence-electron chi connectivity index (χ4n) is 1.37. The van der Waals surface area contributed by atoms with E-state index in [2.05, 4.69) is 12.2 Å². The molecule has 1 aliphatic rings. The van der Waals surface area contributed by atoms with Gasteiger partial charge in [0, 0.05) is 16.3 Å². The van der Waals surface area contributed by atoms with E-state index in [-0.39, 0.29) is 5.91 Å². The summed E-state index contributed by atoms with van der Waals surface area (Å²) in [5.41, 5.74) is 0.838. The third-order valence-corrected chi connectivity index (χ3v) is 3.32.